The zero-order chi connectivity index (χ0) is 31.1. The minimum absolute atomic E-state index is 0.0793. The number of carbonyl (C=O) groups excluding carboxylic acids is 4. The summed E-state index contributed by atoms with van der Waals surface area (Å²) in [6.45, 7) is 6.03. The summed E-state index contributed by atoms with van der Waals surface area (Å²) in [4.78, 5) is 57.3. The van der Waals surface area contributed by atoms with Crippen LogP contribution >= 0.6 is 0 Å². The lowest BCUT2D eigenvalue weighted by Crippen LogP contribution is -2.41. The number of ether oxygens (including phenoxy) is 1. The van der Waals surface area contributed by atoms with Gasteiger partial charge in [0.05, 0.1) is 23.4 Å². The molecule has 3 amide bonds. The van der Waals surface area contributed by atoms with E-state index < -0.39 is 23.7 Å². The number of hydrogen-bond acceptors (Lipinski definition) is 5. The molecule has 7 nitrogen and oxygen atoms in total. The normalized spacial score (nSPS) is 24.5. The van der Waals surface area contributed by atoms with Crippen LogP contribution in [-0.4, -0.2) is 30.2 Å². The van der Waals surface area contributed by atoms with Crippen LogP contribution in [0.3, 0.4) is 0 Å². The number of nitrogens with zero attached hydrogens (tertiary/aromatic N) is 2. The van der Waals surface area contributed by atoms with E-state index in [9.17, 15) is 19.2 Å². The largest absolute Gasteiger partial charge is 0.426 e. The minimum Gasteiger partial charge on any atom is -0.426 e. The molecule has 0 aromatic heterocycles. The number of imide groups is 1. The summed E-state index contributed by atoms with van der Waals surface area (Å²) in [5.74, 6) is -2.53. The lowest BCUT2D eigenvalue weighted by atomic mass is 9.55. The van der Waals surface area contributed by atoms with Crippen LogP contribution in [0.5, 0.6) is 5.75 Å². The van der Waals surface area contributed by atoms with E-state index in [2.05, 4.69) is 24.3 Å². The van der Waals surface area contributed by atoms with Crippen LogP contribution < -0.4 is 14.5 Å². The monoisotopic (exact) mass is 596 g/mol. The Labute approximate surface area is 261 Å². The Hall–Kier alpha value is -5.04. The summed E-state index contributed by atoms with van der Waals surface area (Å²) in [7, 11) is 0. The molecule has 0 spiro atoms. The summed E-state index contributed by atoms with van der Waals surface area (Å²) in [6, 6.07) is 27.3. The van der Waals surface area contributed by atoms with Crippen LogP contribution in [0.25, 0.3) is 0 Å². The lowest BCUT2D eigenvalue weighted by molar-refractivity contribution is -0.139. The first-order valence-corrected chi connectivity index (χ1v) is 15.5. The van der Waals surface area contributed by atoms with Gasteiger partial charge in [-0.1, -0.05) is 66.2 Å². The standard InChI is InChI=1S/C38H32N2O5/c1-20-12-14-29(21(2)16-20)39-19-23(18-31(39)41)38(44)45-24-13-15-30(22(3)17-24)40-36(42)34-32-25-8-4-5-9-26(25)33(35(34)37(40)43)28-11-7-6-10-27(28)32/h4-17,23,32-35H,18-19H2,1-3H3/t23-,32?,33?,34+,35+/m1/s1. The fourth-order valence-electron chi connectivity index (χ4n) is 8.26. The second-order valence-electron chi connectivity index (χ2n) is 12.8. The van der Waals surface area contributed by atoms with E-state index in [4.69, 9.17) is 4.74 Å². The molecule has 45 heavy (non-hydrogen) atoms. The van der Waals surface area contributed by atoms with E-state index in [1.807, 2.05) is 63.2 Å². The third-order valence-corrected chi connectivity index (χ3v) is 10.2. The average Bonchev–Trinajstić information content (AvgIpc) is 3.54. The van der Waals surface area contributed by atoms with Gasteiger partial charge in [0.1, 0.15) is 5.75 Å². The Morgan fingerprint density at radius 2 is 1.22 bits per heavy atom. The molecule has 0 N–H and O–H groups in total. The van der Waals surface area contributed by atoms with Crippen molar-refractivity contribution in [1.82, 2.24) is 0 Å². The van der Waals surface area contributed by atoms with Crippen molar-refractivity contribution < 1.29 is 23.9 Å². The molecule has 5 aliphatic rings. The van der Waals surface area contributed by atoms with Gasteiger partial charge in [0.25, 0.3) is 0 Å². The number of hydrogen-bond donors (Lipinski definition) is 0. The number of carbonyl (C=O) groups is 4. The molecule has 9 rings (SSSR count). The number of amides is 3. The highest BCUT2D eigenvalue weighted by atomic mass is 16.5. The Bertz CT molecular complexity index is 1850. The molecule has 7 heteroatoms. The lowest BCUT2D eigenvalue weighted by Gasteiger charge is -2.45. The maximum Gasteiger partial charge on any atom is 0.316 e. The number of rotatable bonds is 4. The number of esters is 1. The summed E-state index contributed by atoms with van der Waals surface area (Å²) in [6.07, 6.45) is 0.0793. The van der Waals surface area contributed by atoms with Gasteiger partial charge in [0, 0.05) is 30.5 Å². The summed E-state index contributed by atoms with van der Waals surface area (Å²) < 4.78 is 5.75. The van der Waals surface area contributed by atoms with Crippen molar-refractivity contribution in [2.24, 2.45) is 17.8 Å². The Kier molecular flexibility index (Phi) is 6.11. The molecule has 0 unspecified atom stereocenters. The van der Waals surface area contributed by atoms with Crippen molar-refractivity contribution in [2.45, 2.75) is 39.0 Å². The molecule has 0 radical (unpaired) electrons. The predicted molar refractivity (Wildman–Crippen MR) is 169 cm³/mol. The van der Waals surface area contributed by atoms with Gasteiger partial charge in [-0.15, -0.1) is 0 Å². The first-order valence-electron chi connectivity index (χ1n) is 15.5. The molecule has 2 aliphatic heterocycles. The van der Waals surface area contributed by atoms with Gasteiger partial charge in [0.15, 0.2) is 0 Å². The van der Waals surface area contributed by atoms with Gasteiger partial charge in [-0.3, -0.25) is 19.2 Å². The fourth-order valence-corrected chi connectivity index (χ4v) is 8.26. The zero-order valence-corrected chi connectivity index (χ0v) is 25.3. The summed E-state index contributed by atoms with van der Waals surface area (Å²) >= 11 is 0. The molecule has 0 saturated carbocycles. The van der Waals surface area contributed by atoms with Gasteiger partial charge < -0.3 is 9.64 Å². The maximum absolute atomic E-state index is 14.2. The summed E-state index contributed by atoms with van der Waals surface area (Å²) in [5.41, 5.74) is 8.58. The third-order valence-electron chi connectivity index (χ3n) is 10.2. The molecule has 3 atom stereocenters. The zero-order valence-electron chi connectivity index (χ0n) is 25.3. The maximum atomic E-state index is 14.2. The van der Waals surface area contributed by atoms with Gasteiger partial charge in [-0.2, -0.15) is 0 Å². The van der Waals surface area contributed by atoms with Crippen LogP contribution in [0.1, 0.15) is 57.2 Å². The second-order valence-corrected chi connectivity index (χ2v) is 12.8. The minimum atomic E-state index is -0.596. The van der Waals surface area contributed by atoms with Crippen LogP contribution in [0.4, 0.5) is 11.4 Å². The van der Waals surface area contributed by atoms with Crippen molar-refractivity contribution in [3.63, 3.8) is 0 Å². The van der Waals surface area contributed by atoms with Crippen LogP contribution in [0.15, 0.2) is 84.9 Å². The van der Waals surface area contributed by atoms with Crippen LogP contribution in [0, 0.1) is 38.5 Å². The number of aryl methyl sites for hydroxylation is 3. The van der Waals surface area contributed by atoms with Crippen molar-refractivity contribution in [1.29, 1.82) is 0 Å². The first kappa shape index (κ1) is 27.5. The molecule has 2 saturated heterocycles. The Morgan fingerprint density at radius 3 is 1.76 bits per heavy atom. The Morgan fingerprint density at radius 1 is 0.689 bits per heavy atom. The first-order chi connectivity index (χ1) is 21.7. The second kappa shape index (κ2) is 9.99. The highest BCUT2D eigenvalue weighted by Crippen LogP contribution is 2.61. The van der Waals surface area contributed by atoms with E-state index in [0.717, 1.165) is 39.1 Å². The van der Waals surface area contributed by atoms with Gasteiger partial charge in [-0.05, 0) is 78.4 Å². The molecular formula is C38H32N2O5. The van der Waals surface area contributed by atoms with Crippen molar-refractivity contribution in [3.8, 4) is 5.75 Å². The average molecular weight is 597 g/mol. The van der Waals surface area contributed by atoms with E-state index in [0.29, 0.717) is 17.0 Å². The van der Waals surface area contributed by atoms with Crippen molar-refractivity contribution in [2.75, 3.05) is 16.3 Å². The highest BCUT2D eigenvalue weighted by molar-refractivity contribution is 6.23. The quantitative estimate of drug-likeness (QED) is 0.165. The smallest absolute Gasteiger partial charge is 0.316 e. The molecule has 2 fully saturated rings. The third kappa shape index (κ3) is 4.03. The predicted octanol–water partition coefficient (Wildman–Crippen LogP) is 5.97. The highest BCUT2D eigenvalue weighted by Gasteiger charge is 2.61. The SMILES string of the molecule is Cc1ccc(N2C[C@H](C(=O)Oc3ccc(N4C(=O)[C@H]5C6c7ccccc7C(c7ccccc76)[C@@H]5C4=O)c(C)c3)CC2=O)c(C)c1. The number of benzene rings is 4. The topological polar surface area (TPSA) is 84.0 Å². The molecule has 4 aromatic carbocycles. The fraction of sp³-hybridized carbons (Fsp3) is 0.263. The van der Waals surface area contributed by atoms with Crippen molar-refractivity contribution in [3.05, 3.63) is 124 Å². The van der Waals surface area contributed by atoms with Crippen molar-refractivity contribution >= 4 is 35.1 Å². The molecule has 4 aromatic rings. The van der Waals surface area contributed by atoms with Gasteiger partial charge in [0.2, 0.25) is 17.7 Å². The van der Waals surface area contributed by atoms with Gasteiger partial charge >= 0.3 is 5.97 Å². The molecular weight excluding hydrogens is 564 g/mol. The molecule has 224 valence electrons. The van der Waals surface area contributed by atoms with E-state index in [-0.39, 0.29) is 42.5 Å². The van der Waals surface area contributed by atoms with E-state index in [1.165, 1.54) is 4.90 Å². The van der Waals surface area contributed by atoms with Gasteiger partial charge in [-0.25, -0.2) is 4.90 Å². The molecule has 2 bridgehead atoms. The number of anilines is 2. The van der Waals surface area contributed by atoms with E-state index >= 15 is 0 Å². The van der Waals surface area contributed by atoms with E-state index in [1.54, 1.807) is 23.1 Å². The van der Waals surface area contributed by atoms with Crippen LogP contribution in [-0.2, 0) is 19.2 Å². The molecule has 3 aliphatic carbocycles. The van der Waals surface area contributed by atoms with Crippen LogP contribution in [0.2, 0.25) is 0 Å². The Balaban J connectivity index is 1.04. The summed E-state index contributed by atoms with van der Waals surface area (Å²) in [5, 5.41) is 0. The molecule has 2 heterocycles.